The van der Waals surface area contributed by atoms with Gasteiger partial charge in [-0.05, 0) is 72.8 Å². The zero-order valence-corrected chi connectivity index (χ0v) is 54.7. The number of aliphatic hydroxyl groups excluding tert-OH is 4. The van der Waals surface area contributed by atoms with Crippen LogP contribution in [0.1, 0.15) is 71.1 Å². The molecule has 3 aromatic carbocycles. The van der Waals surface area contributed by atoms with E-state index in [0.717, 1.165) is 38.5 Å². The Bertz CT molecular complexity index is 4930. The fourth-order valence-corrected chi connectivity index (χ4v) is 14.9. The first kappa shape index (κ1) is 64.1. The van der Waals surface area contributed by atoms with Gasteiger partial charge in [-0.1, -0.05) is 41.7 Å². The van der Waals surface area contributed by atoms with E-state index in [4.69, 9.17) is 85.2 Å². The Kier molecular flexibility index (Phi) is 16.0. The number of hydrogen-bond acceptors (Lipinski definition) is 27. The molecular formula is C66H61Cl3N18O12. The van der Waals surface area contributed by atoms with E-state index in [-0.39, 0.29) is 47.0 Å². The number of hydrogen-bond donors (Lipinski definition) is 7. The lowest BCUT2D eigenvalue weighted by atomic mass is 9.69. The molecule has 9 atom stereocenters. The number of fused-ring (bicyclic) bond motifs is 6. The highest BCUT2D eigenvalue weighted by molar-refractivity contribution is 6.33. The zero-order valence-electron chi connectivity index (χ0n) is 52.4. The third-order valence-corrected chi connectivity index (χ3v) is 20.2. The molecule has 10 N–H and O–H groups in total. The lowest BCUT2D eigenvalue weighted by molar-refractivity contribution is -0.182. The van der Waals surface area contributed by atoms with Crippen LogP contribution in [0.4, 0.5) is 17.5 Å². The van der Waals surface area contributed by atoms with E-state index >= 15 is 0 Å². The number of aromatic nitrogens is 15. The number of aliphatic hydroxyl groups is 4. The third kappa shape index (κ3) is 11.4. The smallest absolute Gasteiger partial charge is 0.303 e. The maximum atomic E-state index is 11.9. The highest BCUT2D eigenvalue weighted by atomic mass is 35.5. The summed E-state index contributed by atoms with van der Waals surface area (Å²) in [5.41, 5.74) is 20.1. The average molecular weight is 1400 g/mol. The molecule has 3 saturated heterocycles. The SMILES string of the molecule is CC(=O)O[C@H]1[C@H](n2cnc3c(Cl)ncnc32)OC2(CC(Oc3ccc4ccc(Cl)nc4c3)C2)[C@H]1C.Nc1ccc2ccc(OC3CC4(C3)O[C@@H](n3cnc5c(N)ncnc53)[C@H](O)[C@@H]4O)cc2n1.Nc1ncnc2c1ncn2[C@@H]1OC2(CC(Oc3ccc4ccc(Cl)nc4c3)C2)[C@@H](O)[C@H]1O. The Labute approximate surface area is 574 Å². The first-order valence-corrected chi connectivity index (χ1v) is 32.7. The van der Waals surface area contributed by atoms with Crippen LogP contribution in [0.3, 0.4) is 0 Å². The molecule has 0 amide bonds. The van der Waals surface area contributed by atoms with E-state index in [9.17, 15) is 25.2 Å². The van der Waals surface area contributed by atoms with Gasteiger partial charge in [-0.2, -0.15) is 0 Å². The van der Waals surface area contributed by atoms with Gasteiger partial charge < -0.3 is 70.8 Å². The second-order valence-electron chi connectivity index (χ2n) is 25.6. The number of carbonyl (C=O) groups is 1. The summed E-state index contributed by atoms with van der Waals surface area (Å²) in [7, 11) is 0. The minimum Gasteiger partial charge on any atom is -0.490 e. The Hall–Kier alpha value is -9.60. The van der Waals surface area contributed by atoms with Crippen molar-refractivity contribution < 1.29 is 58.4 Å². The monoisotopic (exact) mass is 1400 g/mol. The second kappa shape index (κ2) is 24.7. The summed E-state index contributed by atoms with van der Waals surface area (Å²) in [4.78, 5) is 62.2. The van der Waals surface area contributed by atoms with Crippen LogP contribution in [-0.2, 0) is 23.7 Å². The lowest BCUT2D eigenvalue weighted by Crippen LogP contribution is -2.57. The van der Waals surface area contributed by atoms with E-state index in [1.165, 1.54) is 38.6 Å². The molecule has 3 saturated carbocycles. The minimum absolute atomic E-state index is 0.0536. The van der Waals surface area contributed by atoms with Gasteiger partial charge in [-0.15, -0.1) is 0 Å². The summed E-state index contributed by atoms with van der Waals surface area (Å²) in [5.74, 6) is 2.50. The Morgan fingerprint density at radius 1 is 0.495 bits per heavy atom. The number of halogens is 3. The molecule has 9 aromatic heterocycles. The van der Waals surface area contributed by atoms with Crippen LogP contribution in [0, 0.1) is 5.92 Å². The summed E-state index contributed by atoms with van der Waals surface area (Å²) in [6.07, 6.45) is 3.86. The van der Waals surface area contributed by atoms with E-state index in [1.807, 2.05) is 79.7 Å². The molecule has 0 unspecified atom stereocenters. The van der Waals surface area contributed by atoms with Crippen molar-refractivity contribution in [2.75, 3.05) is 17.2 Å². The van der Waals surface area contributed by atoms with Gasteiger partial charge in [0.05, 0.1) is 41.1 Å². The molecule has 30 nitrogen and oxygen atoms in total. The van der Waals surface area contributed by atoms with Crippen molar-refractivity contribution in [3.8, 4) is 17.2 Å². The summed E-state index contributed by atoms with van der Waals surface area (Å²) in [6, 6.07) is 28.0. The Morgan fingerprint density at radius 3 is 1.34 bits per heavy atom. The molecule has 3 aliphatic carbocycles. The van der Waals surface area contributed by atoms with Gasteiger partial charge >= 0.3 is 5.97 Å². The van der Waals surface area contributed by atoms with Crippen LogP contribution in [0.2, 0.25) is 15.5 Å². The summed E-state index contributed by atoms with van der Waals surface area (Å²) < 4.78 is 47.9. The minimum atomic E-state index is -1.16. The van der Waals surface area contributed by atoms with Crippen molar-refractivity contribution in [1.82, 2.24) is 73.5 Å². The Balaban J connectivity index is 0.000000116. The van der Waals surface area contributed by atoms with E-state index < -0.39 is 66.0 Å². The number of rotatable bonds is 10. The van der Waals surface area contributed by atoms with Crippen LogP contribution in [0.5, 0.6) is 17.2 Å². The summed E-state index contributed by atoms with van der Waals surface area (Å²) >= 11 is 18.2. The molecule has 0 radical (unpaired) electrons. The topological polar surface area (TPSA) is 410 Å². The number of imidazole rings is 3. The van der Waals surface area contributed by atoms with Crippen molar-refractivity contribution in [2.45, 2.75) is 137 Å². The highest BCUT2D eigenvalue weighted by Gasteiger charge is 2.65. The average Bonchev–Trinajstić information content (AvgIpc) is 1.58. The second-order valence-corrected chi connectivity index (χ2v) is 26.8. The largest absolute Gasteiger partial charge is 0.490 e. The zero-order chi connectivity index (χ0) is 68.4. The van der Waals surface area contributed by atoms with Crippen molar-refractivity contribution in [3.05, 3.63) is 144 Å². The van der Waals surface area contributed by atoms with Crippen LogP contribution < -0.4 is 31.4 Å². The van der Waals surface area contributed by atoms with Crippen LogP contribution in [0.15, 0.2) is 129 Å². The molecule has 6 fully saturated rings. The molecule has 33 heteroatoms. The Morgan fingerprint density at radius 2 is 0.879 bits per heavy atom. The van der Waals surface area contributed by atoms with Gasteiger partial charge in [0, 0.05) is 85.7 Å². The fraction of sp³-hybridized carbons (Fsp3) is 0.348. The van der Waals surface area contributed by atoms with Gasteiger partial charge in [0.2, 0.25) is 0 Å². The highest BCUT2D eigenvalue weighted by Crippen LogP contribution is 2.56. The van der Waals surface area contributed by atoms with Crippen molar-refractivity contribution >= 4 is 124 Å². The van der Waals surface area contributed by atoms with E-state index in [1.54, 1.807) is 38.2 Å². The molecule has 6 aliphatic rings. The van der Waals surface area contributed by atoms with Gasteiger partial charge in [-0.3, -0.25) is 18.5 Å². The van der Waals surface area contributed by atoms with Crippen molar-refractivity contribution in [1.29, 1.82) is 0 Å². The normalized spacial score (nSPS) is 29.0. The lowest BCUT2D eigenvalue weighted by Gasteiger charge is -2.46. The number of nitrogen functional groups attached to an aromatic ring is 3. The number of benzene rings is 3. The standard InChI is InChI=1S/C24H21Cl2N5O4.C21H19ClN6O4.C21H21N7O4/c1-12-20(33-13(2)32)23(31-11-29-19-21(26)27-10-28-22(19)31)35-24(12)8-16(9-24)34-15-5-3-14-4-6-18(25)30-17(14)7-15;2*22-14-4-2-10-1-3-11(5-13(10)27-14)31-12-6-21(7-12)17(30)16(29)20(32-21)28-9-26-15-18(23)24-8-25-19(15)28/h3-7,10-12,16,20,23H,8-9H2,1-2H3;1-5,8-9,12,16-17,20,29-30H,6-7H2,(H2,23,24,25);1-5,8-9,12,16-17,20,29-30H,6-7H2,(H2,22,27)(H2,23,24,25)/t12-,16?,20+,23+,24?;2*12?,16-,17+,20-,21?/m011/s1. The van der Waals surface area contributed by atoms with E-state index in [2.05, 4.69) is 59.8 Å². The van der Waals surface area contributed by atoms with Crippen molar-refractivity contribution in [2.24, 2.45) is 5.92 Å². The van der Waals surface area contributed by atoms with Gasteiger partial charge in [0.15, 0.2) is 58.5 Å². The molecule has 3 aliphatic heterocycles. The number of pyridine rings is 3. The molecule has 12 aromatic rings. The predicted molar refractivity (Wildman–Crippen MR) is 358 cm³/mol. The molecule has 508 valence electrons. The fourth-order valence-electron chi connectivity index (χ4n) is 14.4. The van der Waals surface area contributed by atoms with Crippen LogP contribution in [-0.4, -0.2) is 166 Å². The number of nitrogens with zero attached hydrogens (tertiary/aromatic N) is 15. The maximum absolute atomic E-state index is 11.9. The molecule has 99 heavy (non-hydrogen) atoms. The molecule has 12 heterocycles. The van der Waals surface area contributed by atoms with Crippen LogP contribution in [0.25, 0.3) is 66.2 Å². The van der Waals surface area contributed by atoms with Gasteiger partial charge in [0.1, 0.15) is 123 Å². The number of anilines is 3. The molecular weight excluding hydrogens is 1340 g/mol. The molecule has 18 rings (SSSR count). The predicted octanol–water partition coefficient (Wildman–Crippen LogP) is 7.37. The molecule has 3 spiro atoms. The number of nitrogens with two attached hydrogens (primary N) is 3. The van der Waals surface area contributed by atoms with Crippen LogP contribution >= 0.6 is 34.8 Å². The van der Waals surface area contributed by atoms with E-state index in [0.29, 0.717) is 99.6 Å². The number of ether oxygens (including phenoxy) is 7. The third-order valence-electron chi connectivity index (χ3n) is 19.5. The summed E-state index contributed by atoms with van der Waals surface area (Å²) in [5, 5.41) is 47.0. The number of carbonyl (C=O) groups excluding carboxylic acids is 1. The quantitative estimate of drug-likeness (QED) is 0.0399. The van der Waals surface area contributed by atoms with Crippen molar-refractivity contribution in [3.63, 3.8) is 0 Å². The maximum Gasteiger partial charge on any atom is 0.303 e. The first-order chi connectivity index (χ1) is 47.7. The first-order valence-electron chi connectivity index (χ1n) is 31.6. The van der Waals surface area contributed by atoms with Gasteiger partial charge in [0.25, 0.3) is 0 Å². The molecule has 0 bridgehead atoms. The number of esters is 1. The summed E-state index contributed by atoms with van der Waals surface area (Å²) in [6.45, 7) is 3.43. The van der Waals surface area contributed by atoms with Gasteiger partial charge in [-0.25, -0.2) is 59.8 Å².